The Balaban J connectivity index is 0. The molecule has 0 bridgehead atoms. The molecule has 0 heterocycles. The third-order valence-electron chi connectivity index (χ3n) is 1.11. The Morgan fingerprint density at radius 2 is 0.929 bits per heavy atom. The molecular formula is C13H16Hf. The summed E-state index contributed by atoms with van der Waals surface area (Å²) < 4.78 is 0. The van der Waals surface area contributed by atoms with Gasteiger partial charge in [-0.05, 0) is 0 Å². The number of rotatable bonds is 0. The van der Waals surface area contributed by atoms with Gasteiger partial charge in [-0.3, -0.25) is 0 Å². The fraction of sp³-hybridized carbons (Fsp3) is 0.0769. The molecule has 0 aromatic heterocycles. The van der Waals surface area contributed by atoms with Crippen molar-refractivity contribution in [2.75, 3.05) is 0 Å². The molecule has 0 aliphatic heterocycles. The first-order chi connectivity index (χ1) is 6.41. The van der Waals surface area contributed by atoms with Crippen molar-refractivity contribution in [1.82, 2.24) is 0 Å². The van der Waals surface area contributed by atoms with E-state index in [1.54, 1.807) is 0 Å². The Hall–Kier alpha value is -0.430. The predicted octanol–water partition coefficient (Wildman–Crippen LogP) is 3.85. The van der Waals surface area contributed by atoms with E-state index in [2.05, 4.69) is 13.8 Å². The summed E-state index contributed by atoms with van der Waals surface area (Å²) in [6, 6.07) is 20.0. The summed E-state index contributed by atoms with van der Waals surface area (Å²) >= 11 is 0. The topological polar surface area (TPSA) is 0 Å². The molecule has 2 rings (SSSR count). The van der Waals surface area contributed by atoms with Gasteiger partial charge in [-0.15, -0.1) is 0 Å². The van der Waals surface area contributed by atoms with Crippen molar-refractivity contribution in [3.63, 3.8) is 0 Å². The van der Waals surface area contributed by atoms with Gasteiger partial charge in [-0.25, -0.2) is 24.3 Å². The molecule has 0 atom stereocenters. The monoisotopic (exact) mass is 352 g/mol. The minimum atomic E-state index is 0. The maximum Gasteiger partial charge on any atom is 4.00 e. The van der Waals surface area contributed by atoms with Crippen LogP contribution >= 0.6 is 0 Å². The fourth-order valence-electron chi connectivity index (χ4n) is 0.642. The van der Waals surface area contributed by atoms with Crippen molar-refractivity contribution in [3.8, 4) is 0 Å². The molecule has 72 valence electrons. The van der Waals surface area contributed by atoms with Crippen molar-refractivity contribution in [2.45, 2.75) is 6.42 Å². The quantitative estimate of drug-likeness (QED) is 0.500. The first-order valence-corrected chi connectivity index (χ1v) is 4.33. The van der Waals surface area contributed by atoms with Crippen molar-refractivity contribution in [3.05, 3.63) is 74.5 Å². The maximum atomic E-state index is 3.38. The molecule has 2 aromatic carbocycles. The molecule has 0 aliphatic rings. The van der Waals surface area contributed by atoms with Crippen LogP contribution in [0.2, 0.25) is 0 Å². The van der Waals surface area contributed by atoms with Crippen LogP contribution < -0.4 is 0 Å². The molecule has 14 heavy (non-hydrogen) atoms. The van der Waals surface area contributed by atoms with E-state index < -0.39 is 0 Å². The van der Waals surface area contributed by atoms with E-state index in [-0.39, 0.29) is 25.8 Å². The second-order valence-corrected chi connectivity index (χ2v) is 2.28. The zero-order chi connectivity index (χ0) is 9.78. The van der Waals surface area contributed by atoms with Gasteiger partial charge in [0, 0.05) is 0 Å². The van der Waals surface area contributed by atoms with Crippen molar-refractivity contribution >= 4 is 0 Å². The molecule has 0 aliphatic carbocycles. The molecule has 0 fully saturated rings. The Morgan fingerprint density at radius 3 is 1.00 bits per heavy atom. The molecule has 0 amide bonds. The van der Waals surface area contributed by atoms with Gasteiger partial charge in [0.25, 0.3) is 0 Å². The first-order valence-electron chi connectivity index (χ1n) is 4.33. The molecule has 0 spiro atoms. The summed E-state index contributed by atoms with van der Waals surface area (Å²) in [4.78, 5) is 0. The third kappa shape index (κ3) is 14.1. The summed E-state index contributed by atoms with van der Waals surface area (Å²) in [5.74, 6) is 0. The second-order valence-electron chi connectivity index (χ2n) is 2.28. The normalized spacial score (nSPS) is 7.00. The standard InChI is InChI=1S/2C5H5.C3H6.Hf/c2*1-2-4-5-3-1;1-3-2;/h2*1-5H;1-3H2;/q2*-1;-2;+4. The van der Waals surface area contributed by atoms with Crippen LogP contribution in [-0.2, 0) is 25.8 Å². The van der Waals surface area contributed by atoms with Gasteiger partial charge in [0.2, 0.25) is 0 Å². The van der Waals surface area contributed by atoms with Crippen LogP contribution in [0.15, 0.2) is 60.7 Å². The van der Waals surface area contributed by atoms with Crippen LogP contribution in [0.5, 0.6) is 0 Å². The molecule has 0 saturated carbocycles. The van der Waals surface area contributed by atoms with E-state index in [1.165, 1.54) is 0 Å². The minimum absolute atomic E-state index is 0. The average molecular weight is 351 g/mol. The average Bonchev–Trinajstić information content (AvgIpc) is 2.85. The molecule has 0 N–H and O–H groups in total. The molecule has 0 unspecified atom stereocenters. The number of hydrogen-bond acceptors (Lipinski definition) is 0. The Labute approximate surface area is 106 Å². The summed E-state index contributed by atoms with van der Waals surface area (Å²) in [6.07, 6.45) is 0.750. The van der Waals surface area contributed by atoms with Gasteiger partial charge in [-0.2, -0.15) is 36.4 Å². The van der Waals surface area contributed by atoms with E-state index in [4.69, 9.17) is 0 Å². The van der Waals surface area contributed by atoms with Crippen molar-refractivity contribution < 1.29 is 25.8 Å². The van der Waals surface area contributed by atoms with Gasteiger partial charge < -0.3 is 20.3 Å². The second kappa shape index (κ2) is 15.1. The molecule has 0 nitrogen and oxygen atoms in total. The smallest absolute Gasteiger partial charge is 0.372 e. The van der Waals surface area contributed by atoms with E-state index in [0.29, 0.717) is 0 Å². The van der Waals surface area contributed by atoms with Crippen LogP contribution in [0, 0.1) is 13.8 Å². The van der Waals surface area contributed by atoms with Crippen LogP contribution in [-0.4, -0.2) is 0 Å². The number of hydrogen-bond donors (Lipinski definition) is 0. The summed E-state index contributed by atoms with van der Waals surface area (Å²) in [6.45, 7) is 6.75. The van der Waals surface area contributed by atoms with Gasteiger partial charge in [0.15, 0.2) is 0 Å². The summed E-state index contributed by atoms with van der Waals surface area (Å²) in [5, 5.41) is 0. The van der Waals surface area contributed by atoms with Gasteiger partial charge in [-0.1, -0.05) is 0 Å². The van der Waals surface area contributed by atoms with Gasteiger partial charge in [0.1, 0.15) is 0 Å². The van der Waals surface area contributed by atoms with E-state index in [9.17, 15) is 0 Å². The molecule has 0 saturated heterocycles. The first kappa shape index (κ1) is 16.0. The molecule has 1 heteroatoms. The summed E-state index contributed by atoms with van der Waals surface area (Å²) in [7, 11) is 0. The van der Waals surface area contributed by atoms with E-state index >= 15 is 0 Å². The van der Waals surface area contributed by atoms with Crippen LogP contribution in [0.25, 0.3) is 0 Å². The van der Waals surface area contributed by atoms with Crippen molar-refractivity contribution in [2.24, 2.45) is 0 Å². The molecular weight excluding hydrogens is 335 g/mol. The fourth-order valence-corrected chi connectivity index (χ4v) is 0.642. The SMILES string of the molecule is [CH2-]C[CH2-].[Hf+4].c1cc[cH-]c1.c1cc[cH-]c1. The predicted molar refractivity (Wildman–Crippen MR) is 59.4 cm³/mol. The maximum absolute atomic E-state index is 3.38. The Kier molecular flexibility index (Phi) is 17.2. The minimum Gasteiger partial charge on any atom is -0.372 e. The molecule has 0 radical (unpaired) electrons. The van der Waals surface area contributed by atoms with Crippen LogP contribution in [0.3, 0.4) is 0 Å². The Morgan fingerprint density at radius 1 is 0.714 bits per heavy atom. The van der Waals surface area contributed by atoms with Gasteiger partial charge in [0.05, 0.1) is 0 Å². The van der Waals surface area contributed by atoms with Crippen molar-refractivity contribution in [1.29, 1.82) is 0 Å². The third-order valence-corrected chi connectivity index (χ3v) is 1.11. The molecule has 2 aromatic rings. The van der Waals surface area contributed by atoms with Crippen LogP contribution in [0.4, 0.5) is 0 Å². The largest absolute Gasteiger partial charge is 4.00 e. The summed E-state index contributed by atoms with van der Waals surface area (Å²) in [5.41, 5.74) is 0. The Bertz CT molecular complexity index is 157. The van der Waals surface area contributed by atoms with Gasteiger partial charge >= 0.3 is 25.8 Å². The van der Waals surface area contributed by atoms with Crippen LogP contribution in [0.1, 0.15) is 6.42 Å². The van der Waals surface area contributed by atoms with E-state index in [0.717, 1.165) is 6.42 Å². The zero-order valence-electron chi connectivity index (χ0n) is 8.39. The van der Waals surface area contributed by atoms with E-state index in [1.807, 2.05) is 60.7 Å². The zero-order valence-corrected chi connectivity index (χ0v) is 12.0.